The molecule has 0 aliphatic carbocycles. The number of ether oxygens (including phenoxy) is 2. The van der Waals surface area contributed by atoms with Gasteiger partial charge in [-0.2, -0.15) is 15.1 Å². The van der Waals surface area contributed by atoms with E-state index in [0.29, 0.717) is 57.1 Å². The van der Waals surface area contributed by atoms with Crippen LogP contribution in [0.4, 0.5) is 5.82 Å². The minimum atomic E-state index is -0.0428. The number of likely N-dealkylation sites (tertiary alicyclic amines) is 1. The Morgan fingerprint density at radius 3 is 2.84 bits per heavy atom. The number of carbonyl (C=O) groups excluding carboxylic acids is 1. The zero-order valence-electron chi connectivity index (χ0n) is 21.9. The maximum absolute atomic E-state index is 12.1. The van der Waals surface area contributed by atoms with E-state index in [0.717, 1.165) is 52.1 Å². The number of aromatic nitrogens is 4. The molecular formula is C28H33N7O3. The van der Waals surface area contributed by atoms with Crippen molar-refractivity contribution in [3.05, 3.63) is 53.8 Å². The lowest BCUT2D eigenvalue weighted by molar-refractivity contribution is -0.126. The maximum Gasteiger partial charge on any atom is 0.321 e. The third-order valence-corrected chi connectivity index (χ3v) is 7.85. The minimum absolute atomic E-state index is 0.0428. The summed E-state index contributed by atoms with van der Waals surface area (Å²) in [7, 11) is 2.13. The Balaban J connectivity index is 1.32. The second kappa shape index (κ2) is 10.1. The Hall–Kier alpha value is -3.92. The smallest absolute Gasteiger partial charge is 0.321 e. The molecule has 2 fully saturated rings. The first-order valence-electron chi connectivity index (χ1n) is 13.2. The predicted molar refractivity (Wildman–Crippen MR) is 145 cm³/mol. The van der Waals surface area contributed by atoms with E-state index in [2.05, 4.69) is 52.7 Å². The van der Waals surface area contributed by atoms with E-state index in [1.807, 2.05) is 17.2 Å². The van der Waals surface area contributed by atoms with Crippen molar-refractivity contribution in [3.63, 3.8) is 0 Å². The molecule has 1 amide bonds. The van der Waals surface area contributed by atoms with Gasteiger partial charge >= 0.3 is 6.01 Å². The van der Waals surface area contributed by atoms with Gasteiger partial charge in [-0.1, -0.05) is 12.6 Å². The molecule has 10 nitrogen and oxygen atoms in total. The SMILES string of the molecule is C=CC(=O)N1CCN(c2nc(OC[C@@H]3CCCN3C)nc3c2CC=C(c2c(C)ccc4[nH]ncc24)O3)CC1. The van der Waals surface area contributed by atoms with Crippen molar-refractivity contribution in [3.8, 4) is 11.9 Å². The first-order valence-corrected chi connectivity index (χ1v) is 13.2. The number of piperazine rings is 1. The molecule has 1 atom stereocenters. The Morgan fingerprint density at radius 2 is 2.08 bits per heavy atom. The second-order valence-corrected chi connectivity index (χ2v) is 10.2. The molecule has 0 radical (unpaired) electrons. The van der Waals surface area contributed by atoms with Crippen molar-refractivity contribution < 1.29 is 14.3 Å². The summed E-state index contributed by atoms with van der Waals surface area (Å²) in [6, 6.07) is 4.77. The first-order chi connectivity index (χ1) is 18.5. The molecule has 6 rings (SSSR count). The summed E-state index contributed by atoms with van der Waals surface area (Å²) in [5, 5.41) is 8.28. The van der Waals surface area contributed by atoms with Crippen molar-refractivity contribution in [2.45, 2.75) is 32.2 Å². The highest BCUT2D eigenvalue weighted by molar-refractivity contribution is 5.92. The highest BCUT2D eigenvalue weighted by Crippen LogP contribution is 2.38. The molecule has 2 aromatic heterocycles. The van der Waals surface area contributed by atoms with Crippen molar-refractivity contribution in [2.75, 3.05) is 51.3 Å². The van der Waals surface area contributed by atoms with E-state index < -0.39 is 0 Å². The van der Waals surface area contributed by atoms with Gasteiger partial charge in [-0.3, -0.25) is 9.89 Å². The van der Waals surface area contributed by atoms with Crippen molar-refractivity contribution >= 4 is 28.4 Å². The van der Waals surface area contributed by atoms with E-state index in [9.17, 15) is 4.79 Å². The molecule has 3 aliphatic heterocycles. The molecular weight excluding hydrogens is 482 g/mol. The molecule has 2 saturated heterocycles. The van der Waals surface area contributed by atoms with Crippen molar-refractivity contribution in [1.82, 2.24) is 30.0 Å². The van der Waals surface area contributed by atoms with Crippen LogP contribution in [0.15, 0.2) is 37.1 Å². The van der Waals surface area contributed by atoms with Gasteiger partial charge < -0.3 is 24.2 Å². The number of benzene rings is 1. The van der Waals surface area contributed by atoms with Gasteiger partial charge in [-0.05, 0) is 57.1 Å². The van der Waals surface area contributed by atoms with E-state index in [1.165, 1.54) is 12.5 Å². The number of hydrogen-bond donors (Lipinski definition) is 1. The molecule has 5 heterocycles. The number of carbonyl (C=O) groups is 1. The number of fused-ring (bicyclic) bond motifs is 2. The van der Waals surface area contributed by atoms with Crippen LogP contribution in [0.1, 0.15) is 29.5 Å². The molecule has 0 saturated carbocycles. The Labute approximate surface area is 221 Å². The molecule has 198 valence electrons. The van der Waals surface area contributed by atoms with E-state index >= 15 is 0 Å². The van der Waals surface area contributed by atoms with Crippen molar-refractivity contribution in [2.24, 2.45) is 0 Å². The number of nitrogens with one attached hydrogen (secondary N) is 1. The van der Waals surface area contributed by atoms with Gasteiger partial charge in [0.25, 0.3) is 0 Å². The predicted octanol–water partition coefficient (Wildman–Crippen LogP) is 2.94. The summed E-state index contributed by atoms with van der Waals surface area (Å²) < 4.78 is 12.7. The fourth-order valence-electron chi connectivity index (χ4n) is 5.60. The number of aryl methyl sites for hydroxylation is 1. The van der Waals surface area contributed by atoms with Crippen LogP contribution in [0.3, 0.4) is 0 Å². The number of hydrogen-bond acceptors (Lipinski definition) is 8. The molecule has 0 spiro atoms. The number of H-pyrrole nitrogens is 1. The van der Waals surface area contributed by atoms with Gasteiger partial charge in [0.15, 0.2) is 0 Å². The zero-order chi connectivity index (χ0) is 26.2. The number of allylic oxidation sites excluding steroid dienone is 1. The number of nitrogens with zero attached hydrogens (tertiary/aromatic N) is 6. The van der Waals surface area contributed by atoms with Gasteiger partial charge in [0.1, 0.15) is 18.2 Å². The summed E-state index contributed by atoms with van der Waals surface area (Å²) >= 11 is 0. The highest BCUT2D eigenvalue weighted by atomic mass is 16.5. The second-order valence-electron chi connectivity index (χ2n) is 10.2. The van der Waals surface area contributed by atoms with Crippen LogP contribution in [-0.2, 0) is 11.2 Å². The third-order valence-electron chi connectivity index (χ3n) is 7.85. The van der Waals surface area contributed by atoms with Crippen LogP contribution >= 0.6 is 0 Å². The van der Waals surface area contributed by atoms with Crippen LogP contribution in [0, 0.1) is 6.92 Å². The zero-order valence-corrected chi connectivity index (χ0v) is 21.9. The van der Waals surface area contributed by atoms with Crippen LogP contribution in [0.5, 0.6) is 11.9 Å². The topological polar surface area (TPSA) is 99.7 Å². The Bertz CT molecular complexity index is 1410. The highest BCUT2D eigenvalue weighted by Gasteiger charge is 2.29. The standard InChI is InChI=1S/C28H33N7O3/c1-4-24(36)34-12-14-35(15-13-34)26-20-8-10-23(25-18(2)7-9-22-21(25)16-29-32-22)38-27(20)31-28(30-26)37-17-19-6-5-11-33(19)3/h4,7,9-10,16,19H,1,5-6,8,11-15,17H2,2-3H3,(H,29,32)/t19-/m0/s1. The quantitative estimate of drug-likeness (QED) is 0.501. The van der Waals surface area contributed by atoms with E-state index in [4.69, 9.17) is 19.4 Å². The fraction of sp³-hybridized carbons (Fsp3) is 0.429. The van der Waals surface area contributed by atoms with Gasteiger partial charge in [-0.15, -0.1) is 0 Å². The fourth-order valence-corrected chi connectivity index (χ4v) is 5.60. The number of amides is 1. The molecule has 0 unspecified atom stereocenters. The number of rotatable bonds is 6. The van der Waals surface area contributed by atoms with Crippen LogP contribution in [0.25, 0.3) is 16.7 Å². The van der Waals surface area contributed by atoms with Crippen LogP contribution in [0.2, 0.25) is 0 Å². The normalized spacial score (nSPS) is 19.7. The first kappa shape index (κ1) is 24.4. The summed E-state index contributed by atoms with van der Waals surface area (Å²) in [6.45, 7) is 9.85. The molecule has 38 heavy (non-hydrogen) atoms. The molecule has 1 aromatic carbocycles. The van der Waals surface area contributed by atoms with Gasteiger partial charge in [0.2, 0.25) is 11.8 Å². The van der Waals surface area contributed by atoms with Crippen LogP contribution < -0.4 is 14.4 Å². The average Bonchev–Trinajstić information content (AvgIpc) is 3.59. The summed E-state index contributed by atoms with van der Waals surface area (Å²) in [5.74, 6) is 2.05. The third kappa shape index (κ3) is 4.49. The van der Waals surface area contributed by atoms with Gasteiger partial charge in [-0.25, -0.2) is 0 Å². The molecule has 3 aromatic rings. The summed E-state index contributed by atoms with van der Waals surface area (Å²) in [4.78, 5) is 28.1. The lowest BCUT2D eigenvalue weighted by atomic mass is 10.00. The molecule has 0 bridgehead atoms. The average molecular weight is 516 g/mol. The Morgan fingerprint density at radius 1 is 1.24 bits per heavy atom. The lowest BCUT2D eigenvalue weighted by Gasteiger charge is -2.36. The Kier molecular flexibility index (Phi) is 6.49. The number of aromatic amines is 1. The summed E-state index contributed by atoms with van der Waals surface area (Å²) in [5.41, 5.74) is 4.00. The number of likely N-dealkylation sites (N-methyl/N-ethyl adjacent to an activating group) is 1. The summed E-state index contributed by atoms with van der Waals surface area (Å²) in [6.07, 6.45) is 8.20. The van der Waals surface area contributed by atoms with Gasteiger partial charge in [0.05, 0.1) is 17.3 Å². The van der Waals surface area contributed by atoms with E-state index in [1.54, 1.807) is 0 Å². The van der Waals surface area contributed by atoms with Gasteiger partial charge in [0, 0.05) is 49.6 Å². The largest absolute Gasteiger partial charge is 0.462 e. The lowest BCUT2D eigenvalue weighted by Crippen LogP contribution is -2.49. The molecule has 10 heteroatoms. The molecule has 1 N–H and O–H groups in total. The molecule has 3 aliphatic rings. The van der Waals surface area contributed by atoms with Crippen molar-refractivity contribution in [1.29, 1.82) is 0 Å². The number of anilines is 1. The maximum atomic E-state index is 12.1. The minimum Gasteiger partial charge on any atom is -0.462 e. The van der Waals surface area contributed by atoms with E-state index in [-0.39, 0.29) is 5.91 Å². The van der Waals surface area contributed by atoms with Crippen LogP contribution in [-0.4, -0.2) is 88.3 Å². The monoisotopic (exact) mass is 515 g/mol.